The fourth-order valence-electron chi connectivity index (χ4n) is 3.45. The Morgan fingerprint density at radius 1 is 1.25 bits per heavy atom. The predicted molar refractivity (Wildman–Crippen MR) is 97.9 cm³/mol. The van der Waals surface area contributed by atoms with Crippen molar-refractivity contribution in [1.82, 2.24) is 9.21 Å². The van der Waals surface area contributed by atoms with Crippen molar-refractivity contribution in [2.45, 2.75) is 36.8 Å². The average Bonchev–Trinajstić information content (AvgIpc) is 2.54. The van der Waals surface area contributed by atoms with Crippen LogP contribution in [0, 0.1) is 0 Å². The van der Waals surface area contributed by atoms with Crippen LogP contribution in [-0.4, -0.2) is 62.6 Å². The highest BCUT2D eigenvalue weighted by atomic mass is 79.9. The minimum Gasteiger partial charge on any atom is -0.376 e. The number of nitrogens with zero attached hydrogens (tertiary/aromatic N) is 2. The van der Waals surface area contributed by atoms with Gasteiger partial charge in [-0.3, -0.25) is 4.90 Å². The molecule has 2 aliphatic rings. The van der Waals surface area contributed by atoms with Gasteiger partial charge in [0.25, 0.3) is 0 Å². The highest BCUT2D eigenvalue weighted by molar-refractivity contribution is 9.10. The van der Waals surface area contributed by atoms with E-state index < -0.39 is 10.0 Å². The molecule has 5 nitrogen and oxygen atoms in total. The third-order valence-corrected chi connectivity index (χ3v) is 7.60. The molecule has 1 aromatic carbocycles. The van der Waals surface area contributed by atoms with Crippen LogP contribution in [0.5, 0.6) is 0 Å². The van der Waals surface area contributed by atoms with Crippen molar-refractivity contribution in [2.24, 2.45) is 0 Å². The average molecular weight is 438 g/mol. The number of halogens is 2. The van der Waals surface area contributed by atoms with Crippen molar-refractivity contribution in [3.05, 3.63) is 27.7 Å². The Bertz CT molecular complexity index is 693. The van der Waals surface area contributed by atoms with E-state index in [-0.39, 0.29) is 16.0 Å². The third kappa shape index (κ3) is 3.97. The number of sulfonamides is 1. The lowest BCUT2D eigenvalue weighted by atomic mass is 10.0. The van der Waals surface area contributed by atoms with Gasteiger partial charge >= 0.3 is 0 Å². The van der Waals surface area contributed by atoms with Gasteiger partial charge < -0.3 is 4.74 Å². The van der Waals surface area contributed by atoms with E-state index in [9.17, 15) is 8.42 Å². The quantitative estimate of drug-likeness (QED) is 0.729. The standard InChI is InChI=1S/C16H22BrClN2O3S/c1-12-11-19(8-9-23-12)14-4-6-20(7-5-14)24(21,22)16-3-2-13(17)10-15(16)18/h2-3,10,12,14H,4-9,11H2,1H3. The van der Waals surface area contributed by atoms with E-state index in [2.05, 4.69) is 27.8 Å². The number of hydrogen-bond acceptors (Lipinski definition) is 4. The zero-order chi connectivity index (χ0) is 17.3. The van der Waals surface area contributed by atoms with Crippen molar-refractivity contribution in [3.63, 3.8) is 0 Å². The van der Waals surface area contributed by atoms with E-state index >= 15 is 0 Å². The smallest absolute Gasteiger partial charge is 0.244 e. The van der Waals surface area contributed by atoms with Crippen LogP contribution in [0.25, 0.3) is 0 Å². The fraction of sp³-hybridized carbons (Fsp3) is 0.625. The van der Waals surface area contributed by atoms with Crippen LogP contribution in [0.4, 0.5) is 0 Å². The summed E-state index contributed by atoms with van der Waals surface area (Å²) in [6, 6.07) is 5.33. The first-order valence-corrected chi connectivity index (χ1v) is 10.8. The van der Waals surface area contributed by atoms with Crippen molar-refractivity contribution >= 4 is 37.6 Å². The molecule has 134 valence electrons. The van der Waals surface area contributed by atoms with Crippen LogP contribution < -0.4 is 0 Å². The summed E-state index contributed by atoms with van der Waals surface area (Å²) in [5.41, 5.74) is 0. The second-order valence-corrected chi connectivity index (χ2v) is 9.62. The van der Waals surface area contributed by atoms with Crippen molar-refractivity contribution in [2.75, 3.05) is 32.8 Å². The lowest BCUT2D eigenvalue weighted by Gasteiger charge is -2.41. The topological polar surface area (TPSA) is 49.9 Å². The number of morpholine rings is 1. The first-order chi connectivity index (χ1) is 11.4. The van der Waals surface area contributed by atoms with Crippen LogP contribution in [0.1, 0.15) is 19.8 Å². The molecule has 2 heterocycles. The maximum atomic E-state index is 12.8. The summed E-state index contributed by atoms with van der Waals surface area (Å²) in [4.78, 5) is 2.62. The molecule has 0 spiro atoms. The van der Waals surface area contributed by atoms with Crippen molar-refractivity contribution in [3.8, 4) is 0 Å². The van der Waals surface area contributed by atoms with Crippen LogP contribution in [0.3, 0.4) is 0 Å². The Kier molecular flexibility index (Phi) is 5.89. The first-order valence-electron chi connectivity index (χ1n) is 8.19. The van der Waals surface area contributed by atoms with Crippen LogP contribution >= 0.6 is 27.5 Å². The molecule has 0 bridgehead atoms. The van der Waals surface area contributed by atoms with Crippen LogP contribution in [0.15, 0.2) is 27.6 Å². The van der Waals surface area contributed by atoms with Crippen molar-refractivity contribution in [1.29, 1.82) is 0 Å². The highest BCUT2D eigenvalue weighted by Crippen LogP contribution is 2.30. The summed E-state index contributed by atoms with van der Waals surface area (Å²) in [5, 5.41) is 0.258. The van der Waals surface area contributed by atoms with Gasteiger partial charge in [0.2, 0.25) is 10.0 Å². The summed E-state index contributed by atoms with van der Waals surface area (Å²) >= 11 is 9.45. The second-order valence-electron chi connectivity index (χ2n) is 6.39. The van der Waals surface area contributed by atoms with Gasteiger partial charge in [-0.15, -0.1) is 0 Å². The molecular weight excluding hydrogens is 416 g/mol. The predicted octanol–water partition coefficient (Wildman–Crippen LogP) is 2.98. The van der Waals surface area contributed by atoms with E-state index in [1.807, 2.05) is 0 Å². The third-order valence-electron chi connectivity index (χ3n) is 4.72. The molecule has 1 atom stereocenters. The zero-order valence-corrected chi connectivity index (χ0v) is 16.8. The van der Waals surface area contributed by atoms with Gasteiger partial charge in [-0.25, -0.2) is 8.42 Å². The van der Waals surface area contributed by atoms with Crippen LogP contribution in [0.2, 0.25) is 5.02 Å². The molecule has 0 amide bonds. The van der Waals surface area contributed by atoms with E-state index in [1.54, 1.807) is 22.5 Å². The summed E-state index contributed by atoms with van der Waals surface area (Å²) in [6.45, 7) is 5.77. The molecule has 3 rings (SSSR count). The number of piperidine rings is 1. The Balaban J connectivity index is 1.67. The lowest BCUT2D eigenvalue weighted by molar-refractivity contribution is -0.0406. The Morgan fingerprint density at radius 3 is 2.58 bits per heavy atom. The van der Waals surface area contributed by atoms with Crippen LogP contribution in [-0.2, 0) is 14.8 Å². The van der Waals surface area contributed by atoms with Gasteiger partial charge in [-0.1, -0.05) is 27.5 Å². The summed E-state index contributed by atoms with van der Waals surface area (Å²) in [7, 11) is -3.54. The molecule has 0 aromatic heterocycles. The number of hydrogen-bond donors (Lipinski definition) is 0. The van der Waals surface area contributed by atoms with Gasteiger partial charge in [0.15, 0.2) is 0 Å². The summed E-state index contributed by atoms with van der Waals surface area (Å²) in [6.07, 6.45) is 1.95. The summed E-state index contributed by atoms with van der Waals surface area (Å²) in [5.74, 6) is 0. The molecule has 2 aliphatic heterocycles. The van der Waals surface area contributed by atoms with Crippen molar-refractivity contribution < 1.29 is 13.2 Å². The molecule has 2 saturated heterocycles. The molecule has 0 aliphatic carbocycles. The molecule has 8 heteroatoms. The van der Waals surface area contributed by atoms with E-state index in [1.165, 1.54) is 0 Å². The first kappa shape index (κ1) is 18.6. The molecule has 0 saturated carbocycles. The normalized spacial score (nSPS) is 25.0. The molecule has 0 N–H and O–H groups in total. The molecular formula is C16H22BrClN2O3S. The molecule has 0 radical (unpaired) electrons. The lowest BCUT2D eigenvalue weighted by Crippen LogP contribution is -2.51. The fourth-order valence-corrected chi connectivity index (χ4v) is 5.93. The molecule has 2 fully saturated rings. The van der Waals surface area contributed by atoms with Gasteiger partial charge in [0.05, 0.1) is 17.7 Å². The minimum absolute atomic E-state index is 0.186. The maximum Gasteiger partial charge on any atom is 0.244 e. The molecule has 24 heavy (non-hydrogen) atoms. The van der Waals surface area contributed by atoms with E-state index in [0.29, 0.717) is 19.1 Å². The number of benzene rings is 1. The zero-order valence-electron chi connectivity index (χ0n) is 13.6. The SMILES string of the molecule is CC1CN(C2CCN(S(=O)(=O)c3ccc(Br)cc3Cl)CC2)CCO1. The van der Waals surface area contributed by atoms with E-state index in [4.69, 9.17) is 16.3 Å². The van der Waals surface area contributed by atoms with Gasteiger partial charge in [-0.05, 0) is 38.0 Å². The molecule has 1 aromatic rings. The largest absolute Gasteiger partial charge is 0.376 e. The second kappa shape index (κ2) is 7.60. The molecule has 1 unspecified atom stereocenters. The summed E-state index contributed by atoms with van der Waals surface area (Å²) < 4.78 is 33.6. The Labute approximate surface area is 157 Å². The van der Waals surface area contributed by atoms with Gasteiger partial charge in [0, 0.05) is 36.7 Å². The van der Waals surface area contributed by atoms with Gasteiger partial charge in [0.1, 0.15) is 4.90 Å². The van der Waals surface area contributed by atoms with Gasteiger partial charge in [-0.2, -0.15) is 4.31 Å². The van der Waals surface area contributed by atoms with E-state index in [0.717, 1.165) is 37.0 Å². The minimum atomic E-state index is -3.54. The number of ether oxygens (including phenoxy) is 1. The Hall–Kier alpha value is -0.180. The number of rotatable bonds is 3. The monoisotopic (exact) mass is 436 g/mol. The Morgan fingerprint density at radius 2 is 1.96 bits per heavy atom. The highest BCUT2D eigenvalue weighted by Gasteiger charge is 2.33. The maximum absolute atomic E-state index is 12.8.